The molecule has 5 heteroatoms. The number of nitrogens with one attached hydrogen (secondary N) is 1. The van der Waals surface area contributed by atoms with Crippen LogP contribution in [0.3, 0.4) is 0 Å². The number of nitrogen functional groups attached to an aromatic ring is 1. The second kappa shape index (κ2) is 5.05. The second-order valence-corrected chi connectivity index (χ2v) is 4.93. The van der Waals surface area contributed by atoms with E-state index in [1.54, 1.807) is 12.1 Å². The number of nitrogens with zero attached hydrogens (tertiary/aromatic N) is 2. The summed E-state index contributed by atoms with van der Waals surface area (Å²) in [6, 6.07) is 5.32. The monoisotopic (exact) mass is 276 g/mol. The maximum Gasteiger partial charge on any atom is 0.125 e. The van der Waals surface area contributed by atoms with Crippen molar-refractivity contribution in [3.8, 4) is 5.69 Å². The lowest BCUT2D eigenvalue weighted by Gasteiger charge is -2.11. The van der Waals surface area contributed by atoms with Crippen LogP contribution in [0.5, 0.6) is 0 Å². The summed E-state index contributed by atoms with van der Waals surface area (Å²) in [5.41, 5.74) is 10.3. The van der Waals surface area contributed by atoms with E-state index in [1.165, 1.54) is 5.56 Å². The number of amidine groups is 1. The molecule has 3 N–H and O–H groups in total. The summed E-state index contributed by atoms with van der Waals surface area (Å²) in [5.74, 6) is -0.0110. The largest absolute Gasteiger partial charge is 0.384 e. The van der Waals surface area contributed by atoms with E-state index in [0.717, 1.165) is 23.5 Å². The van der Waals surface area contributed by atoms with E-state index in [0.29, 0.717) is 10.6 Å². The SMILES string of the molecule is CCc1c(C)nn(-c2ccc(Cl)cc2C(=N)N)c1C. The zero-order chi connectivity index (χ0) is 14.2. The number of aryl methyl sites for hydroxylation is 1. The first-order valence-electron chi connectivity index (χ1n) is 6.15. The van der Waals surface area contributed by atoms with E-state index < -0.39 is 0 Å². The summed E-state index contributed by atoms with van der Waals surface area (Å²) in [7, 11) is 0. The van der Waals surface area contributed by atoms with Crippen molar-refractivity contribution in [2.75, 3.05) is 0 Å². The van der Waals surface area contributed by atoms with Gasteiger partial charge in [0, 0.05) is 16.3 Å². The Hall–Kier alpha value is -1.81. The van der Waals surface area contributed by atoms with Crippen molar-refractivity contribution >= 4 is 17.4 Å². The summed E-state index contributed by atoms with van der Waals surface area (Å²) in [6.07, 6.45) is 0.931. The first-order valence-corrected chi connectivity index (χ1v) is 6.53. The van der Waals surface area contributed by atoms with Gasteiger partial charge in [0.05, 0.1) is 11.4 Å². The van der Waals surface area contributed by atoms with Gasteiger partial charge in [-0.3, -0.25) is 5.41 Å². The van der Waals surface area contributed by atoms with Crippen LogP contribution in [0.4, 0.5) is 0 Å². The van der Waals surface area contributed by atoms with Crippen LogP contribution in [-0.2, 0) is 6.42 Å². The molecule has 1 aromatic carbocycles. The first kappa shape index (κ1) is 13.6. The van der Waals surface area contributed by atoms with Crippen molar-refractivity contribution in [1.29, 1.82) is 5.41 Å². The van der Waals surface area contributed by atoms with Gasteiger partial charge in [-0.25, -0.2) is 4.68 Å². The lowest BCUT2D eigenvalue weighted by Crippen LogP contribution is -2.15. The van der Waals surface area contributed by atoms with Gasteiger partial charge >= 0.3 is 0 Å². The Bertz CT molecular complexity index is 643. The standard InChI is InChI=1S/C14H17ClN4/c1-4-11-8(2)18-19(9(11)3)13-6-5-10(15)7-12(13)14(16)17/h5-7H,4H2,1-3H3,(H3,16,17). The summed E-state index contributed by atoms with van der Waals surface area (Å²) in [6.45, 7) is 6.12. The fraction of sp³-hybridized carbons (Fsp3) is 0.286. The molecule has 4 nitrogen and oxygen atoms in total. The van der Waals surface area contributed by atoms with Crippen molar-refractivity contribution in [1.82, 2.24) is 9.78 Å². The molecular weight excluding hydrogens is 260 g/mol. The molecule has 2 rings (SSSR count). The van der Waals surface area contributed by atoms with Crippen LogP contribution in [0.15, 0.2) is 18.2 Å². The van der Waals surface area contributed by atoms with Gasteiger partial charge in [0.1, 0.15) is 5.84 Å². The third-order valence-electron chi connectivity index (χ3n) is 3.27. The summed E-state index contributed by atoms with van der Waals surface area (Å²) >= 11 is 5.97. The maximum absolute atomic E-state index is 7.68. The first-order chi connectivity index (χ1) is 8.95. The van der Waals surface area contributed by atoms with Gasteiger partial charge in [-0.15, -0.1) is 0 Å². The molecule has 0 fully saturated rings. The van der Waals surface area contributed by atoms with Crippen molar-refractivity contribution in [2.45, 2.75) is 27.2 Å². The number of halogens is 1. The summed E-state index contributed by atoms with van der Waals surface area (Å²) < 4.78 is 1.83. The van der Waals surface area contributed by atoms with Crippen molar-refractivity contribution in [2.24, 2.45) is 5.73 Å². The van der Waals surface area contributed by atoms with Crippen LogP contribution in [-0.4, -0.2) is 15.6 Å². The maximum atomic E-state index is 7.68. The van der Waals surface area contributed by atoms with Gasteiger partial charge in [0.25, 0.3) is 0 Å². The third-order valence-corrected chi connectivity index (χ3v) is 3.51. The topological polar surface area (TPSA) is 67.7 Å². The fourth-order valence-corrected chi connectivity index (χ4v) is 2.50. The van der Waals surface area contributed by atoms with Crippen LogP contribution in [0.1, 0.15) is 29.4 Å². The average Bonchev–Trinajstić information content (AvgIpc) is 2.64. The van der Waals surface area contributed by atoms with Gasteiger partial charge in [-0.05, 0) is 44.0 Å². The van der Waals surface area contributed by atoms with Crippen LogP contribution < -0.4 is 5.73 Å². The highest BCUT2D eigenvalue weighted by Crippen LogP contribution is 2.23. The van der Waals surface area contributed by atoms with Crippen LogP contribution in [0.2, 0.25) is 5.02 Å². The van der Waals surface area contributed by atoms with Gasteiger partial charge in [-0.2, -0.15) is 5.10 Å². The van der Waals surface area contributed by atoms with Gasteiger partial charge in [-0.1, -0.05) is 18.5 Å². The highest BCUT2D eigenvalue weighted by molar-refractivity contribution is 6.31. The number of benzene rings is 1. The molecule has 0 amide bonds. The number of aromatic nitrogens is 2. The molecule has 19 heavy (non-hydrogen) atoms. The highest BCUT2D eigenvalue weighted by Gasteiger charge is 2.15. The van der Waals surface area contributed by atoms with E-state index in [2.05, 4.69) is 12.0 Å². The minimum Gasteiger partial charge on any atom is -0.384 e. The van der Waals surface area contributed by atoms with Gasteiger partial charge in [0.15, 0.2) is 0 Å². The Labute approximate surface area is 117 Å². The molecule has 0 bridgehead atoms. The molecule has 0 atom stereocenters. The van der Waals surface area contributed by atoms with E-state index in [9.17, 15) is 0 Å². The van der Waals surface area contributed by atoms with Crippen molar-refractivity contribution < 1.29 is 0 Å². The number of nitrogens with two attached hydrogens (primary N) is 1. The lowest BCUT2D eigenvalue weighted by atomic mass is 10.1. The van der Waals surface area contributed by atoms with Crippen molar-refractivity contribution in [3.63, 3.8) is 0 Å². The normalized spacial score (nSPS) is 10.7. The third kappa shape index (κ3) is 2.36. The minimum atomic E-state index is -0.0110. The average molecular weight is 277 g/mol. The minimum absolute atomic E-state index is 0.0110. The molecule has 1 aromatic heterocycles. The number of hydrogen-bond acceptors (Lipinski definition) is 2. The Kier molecular flexibility index (Phi) is 3.62. The Morgan fingerprint density at radius 1 is 1.42 bits per heavy atom. The molecule has 100 valence electrons. The molecule has 0 aliphatic rings. The molecule has 0 unspecified atom stereocenters. The molecular formula is C14H17ClN4. The Morgan fingerprint density at radius 2 is 2.11 bits per heavy atom. The molecule has 0 saturated heterocycles. The van der Waals surface area contributed by atoms with E-state index >= 15 is 0 Å². The van der Waals surface area contributed by atoms with E-state index in [-0.39, 0.29) is 5.84 Å². The zero-order valence-electron chi connectivity index (χ0n) is 11.3. The Balaban J connectivity index is 2.69. The second-order valence-electron chi connectivity index (χ2n) is 4.49. The molecule has 0 spiro atoms. The summed E-state index contributed by atoms with van der Waals surface area (Å²) in [5, 5.41) is 12.8. The highest BCUT2D eigenvalue weighted by atomic mass is 35.5. The van der Waals surface area contributed by atoms with Gasteiger partial charge in [0.2, 0.25) is 0 Å². The van der Waals surface area contributed by atoms with Gasteiger partial charge < -0.3 is 5.73 Å². The molecule has 1 heterocycles. The summed E-state index contributed by atoms with van der Waals surface area (Å²) in [4.78, 5) is 0. The molecule has 0 aliphatic heterocycles. The van der Waals surface area contributed by atoms with Crippen LogP contribution in [0, 0.1) is 19.3 Å². The predicted octanol–water partition coefficient (Wildman–Crippen LogP) is 2.99. The number of hydrogen-bond donors (Lipinski definition) is 2. The van der Waals surface area contributed by atoms with Crippen molar-refractivity contribution in [3.05, 3.63) is 45.7 Å². The van der Waals surface area contributed by atoms with Crippen LogP contribution >= 0.6 is 11.6 Å². The van der Waals surface area contributed by atoms with E-state index in [4.69, 9.17) is 22.7 Å². The molecule has 0 saturated carbocycles. The predicted molar refractivity (Wildman–Crippen MR) is 78.4 cm³/mol. The Morgan fingerprint density at radius 3 is 2.63 bits per heavy atom. The molecule has 0 aliphatic carbocycles. The molecule has 0 radical (unpaired) electrons. The quantitative estimate of drug-likeness (QED) is 0.668. The van der Waals surface area contributed by atoms with E-state index in [1.807, 2.05) is 24.6 Å². The number of rotatable bonds is 3. The lowest BCUT2D eigenvalue weighted by molar-refractivity contribution is 0.830. The smallest absolute Gasteiger partial charge is 0.125 e. The van der Waals surface area contributed by atoms with Crippen LogP contribution in [0.25, 0.3) is 5.69 Å². The zero-order valence-corrected chi connectivity index (χ0v) is 12.0. The fourth-order valence-electron chi connectivity index (χ4n) is 2.33. The molecule has 2 aromatic rings.